The highest BCUT2D eigenvalue weighted by molar-refractivity contribution is 5.24. The molecule has 1 aliphatic rings. The first kappa shape index (κ1) is 12.6. The normalized spacial score (nSPS) is 27.1. The van der Waals surface area contributed by atoms with Crippen LogP contribution < -0.4 is 5.32 Å². The van der Waals surface area contributed by atoms with Crippen molar-refractivity contribution in [3.8, 4) is 0 Å². The number of nitrogens with zero attached hydrogens (tertiary/aromatic N) is 1. The average molecular weight is 236 g/mol. The molecule has 1 aromatic rings. The van der Waals surface area contributed by atoms with E-state index in [4.69, 9.17) is 4.52 Å². The van der Waals surface area contributed by atoms with Crippen molar-refractivity contribution < 1.29 is 4.52 Å². The second kappa shape index (κ2) is 5.21. The van der Waals surface area contributed by atoms with Gasteiger partial charge in [-0.2, -0.15) is 0 Å². The molecule has 3 atom stereocenters. The van der Waals surface area contributed by atoms with Gasteiger partial charge in [-0.25, -0.2) is 0 Å². The molecule has 1 aliphatic carbocycles. The van der Waals surface area contributed by atoms with E-state index in [2.05, 4.69) is 24.3 Å². The van der Waals surface area contributed by atoms with Gasteiger partial charge >= 0.3 is 0 Å². The number of rotatable bonds is 3. The molecule has 1 aromatic heterocycles. The third kappa shape index (κ3) is 2.89. The molecular weight excluding hydrogens is 212 g/mol. The van der Waals surface area contributed by atoms with Gasteiger partial charge in [0.2, 0.25) is 0 Å². The first-order valence-electron chi connectivity index (χ1n) is 6.76. The smallest absolute Gasteiger partial charge is 0.138 e. The lowest BCUT2D eigenvalue weighted by molar-refractivity contribution is 0.284. The standard InChI is InChI=1S/C14H24N2O/c1-9-6-5-7-13(8-9)15-10(2)14-11(3)16-17-12(14)4/h9-10,13,15H,5-8H2,1-4H3. The van der Waals surface area contributed by atoms with E-state index in [1.807, 2.05) is 13.8 Å². The zero-order valence-electron chi connectivity index (χ0n) is 11.4. The summed E-state index contributed by atoms with van der Waals surface area (Å²) in [6, 6.07) is 0.999. The molecule has 1 saturated carbocycles. The highest BCUT2D eigenvalue weighted by Gasteiger charge is 2.23. The van der Waals surface area contributed by atoms with Gasteiger partial charge in [0.25, 0.3) is 0 Å². The van der Waals surface area contributed by atoms with Gasteiger partial charge in [-0.1, -0.05) is 24.9 Å². The van der Waals surface area contributed by atoms with Crippen LogP contribution in [0.3, 0.4) is 0 Å². The van der Waals surface area contributed by atoms with E-state index in [0.717, 1.165) is 17.4 Å². The Hall–Kier alpha value is -0.830. The van der Waals surface area contributed by atoms with Crippen molar-refractivity contribution in [2.24, 2.45) is 5.92 Å². The maximum Gasteiger partial charge on any atom is 0.138 e. The topological polar surface area (TPSA) is 38.1 Å². The van der Waals surface area contributed by atoms with Crippen LogP contribution in [0.5, 0.6) is 0 Å². The molecule has 0 spiro atoms. The van der Waals surface area contributed by atoms with Crippen molar-refractivity contribution in [1.82, 2.24) is 10.5 Å². The zero-order chi connectivity index (χ0) is 12.4. The molecule has 0 saturated heterocycles. The van der Waals surface area contributed by atoms with E-state index in [0.29, 0.717) is 12.1 Å². The van der Waals surface area contributed by atoms with E-state index in [-0.39, 0.29) is 0 Å². The van der Waals surface area contributed by atoms with Crippen LogP contribution in [-0.2, 0) is 0 Å². The quantitative estimate of drug-likeness (QED) is 0.872. The molecule has 2 rings (SSSR count). The Bertz CT molecular complexity index is 353. The minimum atomic E-state index is 0.344. The molecule has 1 heterocycles. The van der Waals surface area contributed by atoms with Gasteiger partial charge in [0, 0.05) is 17.6 Å². The molecule has 1 fully saturated rings. The molecule has 0 radical (unpaired) electrons. The van der Waals surface area contributed by atoms with Gasteiger partial charge in [-0.3, -0.25) is 0 Å². The number of nitrogens with one attached hydrogen (secondary N) is 1. The molecule has 3 heteroatoms. The Balaban J connectivity index is 1.99. The third-order valence-electron chi connectivity index (χ3n) is 3.94. The Morgan fingerprint density at radius 2 is 2.12 bits per heavy atom. The highest BCUT2D eigenvalue weighted by Crippen LogP contribution is 2.27. The number of aryl methyl sites for hydroxylation is 2. The van der Waals surface area contributed by atoms with E-state index in [1.54, 1.807) is 0 Å². The molecular formula is C14H24N2O. The monoisotopic (exact) mass is 236 g/mol. The second-order valence-corrected chi connectivity index (χ2v) is 5.59. The lowest BCUT2D eigenvalue weighted by Gasteiger charge is -2.30. The minimum Gasteiger partial charge on any atom is -0.361 e. The van der Waals surface area contributed by atoms with Crippen molar-refractivity contribution in [3.05, 3.63) is 17.0 Å². The summed E-state index contributed by atoms with van der Waals surface area (Å²) in [6.45, 7) is 8.59. The lowest BCUT2D eigenvalue weighted by Crippen LogP contribution is -2.35. The van der Waals surface area contributed by atoms with Crippen LogP contribution in [-0.4, -0.2) is 11.2 Å². The van der Waals surface area contributed by atoms with Gasteiger partial charge in [-0.05, 0) is 39.5 Å². The van der Waals surface area contributed by atoms with Crippen LogP contribution in [0.15, 0.2) is 4.52 Å². The van der Waals surface area contributed by atoms with E-state index in [9.17, 15) is 0 Å². The SMILES string of the molecule is Cc1noc(C)c1C(C)NC1CCCC(C)C1. The lowest BCUT2D eigenvalue weighted by atomic mass is 9.86. The highest BCUT2D eigenvalue weighted by atomic mass is 16.5. The van der Waals surface area contributed by atoms with E-state index in [1.165, 1.54) is 31.2 Å². The second-order valence-electron chi connectivity index (χ2n) is 5.59. The summed E-state index contributed by atoms with van der Waals surface area (Å²) < 4.78 is 5.24. The molecule has 0 aliphatic heterocycles. The Morgan fingerprint density at radius 1 is 1.35 bits per heavy atom. The number of hydrogen-bond acceptors (Lipinski definition) is 3. The molecule has 0 aromatic carbocycles. The third-order valence-corrected chi connectivity index (χ3v) is 3.94. The van der Waals surface area contributed by atoms with Crippen molar-refractivity contribution in [1.29, 1.82) is 0 Å². The molecule has 96 valence electrons. The molecule has 0 bridgehead atoms. The molecule has 3 nitrogen and oxygen atoms in total. The van der Waals surface area contributed by atoms with Crippen LogP contribution in [0.2, 0.25) is 0 Å². The van der Waals surface area contributed by atoms with Crippen LogP contribution >= 0.6 is 0 Å². The van der Waals surface area contributed by atoms with Crippen LogP contribution in [0.25, 0.3) is 0 Å². The summed E-state index contributed by atoms with van der Waals surface area (Å²) in [6.07, 6.45) is 5.34. The maximum atomic E-state index is 5.24. The summed E-state index contributed by atoms with van der Waals surface area (Å²) in [7, 11) is 0. The van der Waals surface area contributed by atoms with Crippen LogP contribution in [0, 0.1) is 19.8 Å². The molecule has 0 amide bonds. The molecule has 17 heavy (non-hydrogen) atoms. The maximum absolute atomic E-state index is 5.24. The van der Waals surface area contributed by atoms with Crippen molar-refractivity contribution in [2.45, 2.75) is 65.5 Å². The Morgan fingerprint density at radius 3 is 2.71 bits per heavy atom. The summed E-state index contributed by atoms with van der Waals surface area (Å²) in [4.78, 5) is 0. The summed E-state index contributed by atoms with van der Waals surface area (Å²) >= 11 is 0. The number of hydrogen-bond donors (Lipinski definition) is 1. The first-order valence-corrected chi connectivity index (χ1v) is 6.76. The van der Waals surface area contributed by atoms with Gasteiger partial charge in [0.15, 0.2) is 0 Å². The van der Waals surface area contributed by atoms with Gasteiger partial charge in [-0.15, -0.1) is 0 Å². The Kier molecular flexibility index (Phi) is 3.87. The largest absolute Gasteiger partial charge is 0.361 e. The van der Waals surface area contributed by atoms with Crippen LogP contribution in [0.4, 0.5) is 0 Å². The van der Waals surface area contributed by atoms with Gasteiger partial charge in [0.05, 0.1) is 5.69 Å². The van der Waals surface area contributed by atoms with Crippen molar-refractivity contribution >= 4 is 0 Å². The van der Waals surface area contributed by atoms with Crippen LogP contribution in [0.1, 0.15) is 62.6 Å². The molecule has 3 unspecified atom stereocenters. The predicted octanol–water partition coefficient (Wildman–Crippen LogP) is 3.52. The average Bonchev–Trinajstić information content (AvgIpc) is 2.58. The predicted molar refractivity (Wildman–Crippen MR) is 68.9 cm³/mol. The Labute approximate surface area is 104 Å². The van der Waals surface area contributed by atoms with E-state index < -0.39 is 0 Å². The first-order chi connectivity index (χ1) is 8.08. The fraction of sp³-hybridized carbons (Fsp3) is 0.786. The molecule has 1 N–H and O–H groups in total. The fourth-order valence-corrected chi connectivity index (χ4v) is 3.13. The van der Waals surface area contributed by atoms with Gasteiger partial charge in [0.1, 0.15) is 5.76 Å². The summed E-state index contributed by atoms with van der Waals surface area (Å²) in [5.41, 5.74) is 2.26. The van der Waals surface area contributed by atoms with Crippen molar-refractivity contribution in [2.75, 3.05) is 0 Å². The van der Waals surface area contributed by atoms with E-state index >= 15 is 0 Å². The van der Waals surface area contributed by atoms with Gasteiger partial charge < -0.3 is 9.84 Å². The number of aromatic nitrogens is 1. The van der Waals surface area contributed by atoms with Crippen molar-refractivity contribution in [3.63, 3.8) is 0 Å². The fourth-order valence-electron chi connectivity index (χ4n) is 3.13. The zero-order valence-corrected chi connectivity index (χ0v) is 11.4. The summed E-state index contributed by atoms with van der Waals surface area (Å²) in [5.74, 6) is 1.81. The summed E-state index contributed by atoms with van der Waals surface area (Å²) in [5, 5.41) is 7.76. The minimum absolute atomic E-state index is 0.344.